The van der Waals surface area contributed by atoms with E-state index in [0.717, 1.165) is 11.3 Å². The van der Waals surface area contributed by atoms with Gasteiger partial charge in [0.25, 0.3) is 6.43 Å². The molecular weight excluding hydrogens is 278 g/mol. The summed E-state index contributed by atoms with van der Waals surface area (Å²) in [5, 5.41) is 16.8. The number of aromatic nitrogens is 2. The fourth-order valence-electron chi connectivity index (χ4n) is 2.22. The Balaban J connectivity index is 3.07. The van der Waals surface area contributed by atoms with Gasteiger partial charge in [0.1, 0.15) is 5.82 Å². The summed E-state index contributed by atoms with van der Waals surface area (Å²) in [6, 6.07) is 0. The zero-order chi connectivity index (χ0) is 16.2. The molecule has 0 fully saturated rings. The van der Waals surface area contributed by atoms with E-state index >= 15 is 0 Å². The van der Waals surface area contributed by atoms with E-state index in [1.165, 1.54) is 4.90 Å². The first kappa shape index (κ1) is 17.8. The number of hydrogen-bond acceptors (Lipinski definition) is 4. The molecule has 0 saturated carbocycles. The molecule has 0 aliphatic rings. The summed E-state index contributed by atoms with van der Waals surface area (Å²) in [5.74, 6) is 0.638. The van der Waals surface area contributed by atoms with Crippen molar-refractivity contribution in [1.29, 1.82) is 0 Å². The van der Waals surface area contributed by atoms with Gasteiger partial charge < -0.3 is 15.3 Å². The first-order chi connectivity index (χ1) is 9.65. The van der Waals surface area contributed by atoms with Crippen molar-refractivity contribution in [2.24, 2.45) is 7.05 Å². The van der Waals surface area contributed by atoms with E-state index in [2.05, 4.69) is 10.4 Å². The van der Waals surface area contributed by atoms with Gasteiger partial charge in [-0.05, 0) is 27.7 Å². The van der Waals surface area contributed by atoms with Gasteiger partial charge in [-0.25, -0.2) is 8.78 Å². The molecular formula is C14H26F2N4O. The number of nitrogens with zero attached hydrogens (tertiary/aromatic N) is 3. The van der Waals surface area contributed by atoms with E-state index in [1.54, 1.807) is 11.7 Å². The number of anilines is 1. The van der Waals surface area contributed by atoms with Crippen LogP contribution in [-0.4, -0.2) is 46.5 Å². The minimum Gasteiger partial charge on any atom is -0.395 e. The standard InChI is InChI=1S/C14H26F2N4O/c1-10-11(8-17-14(2,3)4)13(19(5)18-10)20(6-7-21)9-12(15)16/h12,17,21H,6-9H2,1-5H3. The molecule has 0 unspecified atom stereocenters. The minimum atomic E-state index is -2.46. The van der Waals surface area contributed by atoms with Gasteiger partial charge in [-0.15, -0.1) is 0 Å². The number of alkyl halides is 2. The average molecular weight is 304 g/mol. The topological polar surface area (TPSA) is 53.3 Å². The van der Waals surface area contributed by atoms with Crippen LogP contribution in [0.5, 0.6) is 0 Å². The van der Waals surface area contributed by atoms with Crippen molar-refractivity contribution < 1.29 is 13.9 Å². The molecule has 0 spiro atoms. The summed E-state index contributed by atoms with van der Waals surface area (Å²) in [6.07, 6.45) is -2.46. The predicted molar refractivity (Wildman–Crippen MR) is 79.8 cm³/mol. The Morgan fingerprint density at radius 2 is 2.00 bits per heavy atom. The fraction of sp³-hybridized carbons (Fsp3) is 0.786. The summed E-state index contributed by atoms with van der Waals surface area (Å²) in [6.45, 7) is 8.11. The van der Waals surface area contributed by atoms with E-state index in [-0.39, 0.29) is 18.7 Å². The Labute approximate surface area is 124 Å². The third kappa shape index (κ3) is 5.24. The van der Waals surface area contributed by atoms with Crippen molar-refractivity contribution in [3.05, 3.63) is 11.3 Å². The Bertz CT molecular complexity index is 455. The number of aliphatic hydroxyl groups excluding tert-OH is 1. The third-order valence-corrected chi connectivity index (χ3v) is 3.14. The second kappa shape index (κ2) is 7.17. The lowest BCUT2D eigenvalue weighted by Gasteiger charge is -2.26. The molecule has 2 N–H and O–H groups in total. The van der Waals surface area contributed by atoms with Gasteiger partial charge in [0, 0.05) is 31.2 Å². The highest BCUT2D eigenvalue weighted by molar-refractivity contribution is 5.50. The molecule has 1 aromatic rings. The van der Waals surface area contributed by atoms with Crippen LogP contribution in [0, 0.1) is 6.92 Å². The summed E-state index contributed by atoms with van der Waals surface area (Å²) < 4.78 is 27.1. The van der Waals surface area contributed by atoms with Gasteiger partial charge in [-0.1, -0.05) is 0 Å². The summed E-state index contributed by atoms with van der Waals surface area (Å²) in [7, 11) is 1.73. The van der Waals surface area contributed by atoms with Crippen LogP contribution in [0.4, 0.5) is 14.6 Å². The number of aliphatic hydroxyl groups is 1. The highest BCUT2D eigenvalue weighted by atomic mass is 19.3. The summed E-state index contributed by atoms with van der Waals surface area (Å²) in [5.41, 5.74) is 1.62. The molecule has 0 aliphatic heterocycles. The molecule has 0 radical (unpaired) electrons. The molecule has 0 atom stereocenters. The lowest BCUT2D eigenvalue weighted by atomic mass is 10.1. The molecule has 122 valence electrons. The van der Waals surface area contributed by atoms with E-state index < -0.39 is 13.0 Å². The molecule has 0 aliphatic carbocycles. The largest absolute Gasteiger partial charge is 0.395 e. The Morgan fingerprint density at radius 1 is 1.38 bits per heavy atom. The van der Waals surface area contributed by atoms with Gasteiger partial charge in [-0.3, -0.25) is 4.68 Å². The van der Waals surface area contributed by atoms with Crippen molar-refractivity contribution in [2.75, 3.05) is 24.6 Å². The molecule has 7 heteroatoms. The van der Waals surface area contributed by atoms with Gasteiger partial charge >= 0.3 is 0 Å². The van der Waals surface area contributed by atoms with E-state index in [1.807, 2.05) is 27.7 Å². The van der Waals surface area contributed by atoms with Crippen LogP contribution in [0.25, 0.3) is 0 Å². The molecule has 0 aromatic carbocycles. The Hall–Kier alpha value is -1.21. The maximum absolute atomic E-state index is 12.8. The second-order valence-electron chi connectivity index (χ2n) is 6.18. The SMILES string of the molecule is Cc1nn(C)c(N(CCO)CC(F)F)c1CNC(C)(C)C. The number of hydrogen-bond donors (Lipinski definition) is 2. The van der Waals surface area contributed by atoms with Crippen molar-refractivity contribution in [1.82, 2.24) is 15.1 Å². The zero-order valence-electron chi connectivity index (χ0n) is 13.5. The Morgan fingerprint density at radius 3 is 2.48 bits per heavy atom. The summed E-state index contributed by atoms with van der Waals surface area (Å²) >= 11 is 0. The third-order valence-electron chi connectivity index (χ3n) is 3.14. The van der Waals surface area contributed by atoms with Crippen LogP contribution in [0.15, 0.2) is 0 Å². The minimum absolute atomic E-state index is 0.0793. The summed E-state index contributed by atoms with van der Waals surface area (Å²) in [4.78, 5) is 1.49. The van der Waals surface area contributed by atoms with Crippen LogP contribution >= 0.6 is 0 Å². The molecule has 1 heterocycles. The molecule has 1 aromatic heterocycles. The number of halogens is 2. The molecule has 21 heavy (non-hydrogen) atoms. The van der Waals surface area contributed by atoms with Gasteiger partial charge in [0.2, 0.25) is 0 Å². The second-order valence-corrected chi connectivity index (χ2v) is 6.18. The number of nitrogens with one attached hydrogen (secondary N) is 1. The van der Waals surface area contributed by atoms with Crippen LogP contribution in [0.2, 0.25) is 0 Å². The molecule has 0 saturated heterocycles. The van der Waals surface area contributed by atoms with E-state index in [4.69, 9.17) is 5.11 Å². The Kier molecular flexibility index (Phi) is 6.10. The normalized spacial score (nSPS) is 12.2. The monoisotopic (exact) mass is 304 g/mol. The number of rotatable bonds is 7. The van der Waals surface area contributed by atoms with Crippen LogP contribution in [-0.2, 0) is 13.6 Å². The van der Waals surface area contributed by atoms with Crippen molar-refractivity contribution in [3.8, 4) is 0 Å². The quantitative estimate of drug-likeness (QED) is 0.805. The van der Waals surface area contributed by atoms with Gasteiger partial charge in [0.05, 0.1) is 18.8 Å². The van der Waals surface area contributed by atoms with E-state index in [0.29, 0.717) is 12.4 Å². The fourth-order valence-corrected chi connectivity index (χ4v) is 2.22. The van der Waals surface area contributed by atoms with E-state index in [9.17, 15) is 8.78 Å². The maximum atomic E-state index is 12.8. The molecule has 1 rings (SSSR count). The molecule has 0 bridgehead atoms. The number of aryl methyl sites for hydroxylation is 2. The highest BCUT2D eigenvalue weighted by Gasteiger charge is 2.22. The first-order valence-electron chi connectivity index (χ1n) is 7.07. The van der Waals surface area contributed by atoms with Gasteiger partial charge in [-0.2, -0.15) is 5.10 Å². The zero-order valence-corrected chi connectivity index (χ0v) is 13.5. The maximum Gasteiger partial charge on any atom is 0.255 e. The highest BCUT2D eigenvalue weighted by Crippen LogP contribution is 2.24. The van der Waals surface area contributed by atoms with Crippen molar-refractivity contribution in [3.63, 3.8) is 0 Å². The van der Waals surface area contributed by atoms with Crippen molar-refractivity contribution >= 4 is 5.82 Å². The van der Waals surface area contributed by atoms with Crippen LogP contribution in [0.1, 0.15) is 32.0 Å². The molecule has 5 nitrogen and oxygen atoms in total. The predicted octanol–water partition coefficient (Wildman–Crippen LogP) is 1.68. The first-order valence-corrected chi connectivity index (χ1v) is 7.07. The van der Waals surface area contributed by atoms with Gasteiger partial charge in [0.15, 0.2) is 0 Å². The lowest BCUT2D eigenvalue weighted by molar-refractivity contribution is 0.152. The van der Waals surface area contributed by atoms with Crippen LogP contribution < -0.4 is 10.2 Å². The average Bonchev–Trinajstić information content (AvgIpc) is 2.59. The van der Waals surface area contributed by atoms with Crippen molar-refractivity contribution in [2.45, 2.75) is 46.2 Å². The van der Waals surface area contributed by atoms with Crippen LogP contribution in [0.3, 0.4) is 0 Å². The smallest absolute Gasteiger partial charge is 0.255 e. The lowest BCUT2D eigenvalue weighted by Crippen LogP contribution is -2.37. The molecule has 0 amide bonds.